The van der Waals surface area contributed by atoms with Gasteiger partial charge in [-0.2, -0.15) is 0 Å². The summed E-state index contributed by atoms with van der Waals surface area (Å²) in [7, 11) is 0. The van der Waals surface area contributed by atoms with E-state index in [-0.39, 0.29) is 0 Å². The third-order valence-electron chi connectivity index (χ3n) is 11.6. The van der Waals surface area contributed by atoms with E-state index in [0.717, 1.165) is 55.2 Å². The predicted molar refractivity (Wildman–Crippen MR) is 234 cm³/mol. The number of rotatable bonds is 4. The van der Waals surface area contributed by atoms with Gasteiger partial charge in [-0.1, -0.05) is 114 Å². The normalized spacial score (nSPS) is 11.8. The Hall–Kier alpha value is -6.51. The van der Waals surface area contributed by atoms with E-state index in [0.29, 0.717) is 0 Å². The molecule has 0 aliphatic rings. The Morgan fingerprint density at radius 1 is 0.382 bits per heavy atom. The predicted octanol–water partition coefficient (Wildman–Crippen LogP) is 15.0. The summed E-state index contributed by atoms with van der Waals surface area (Å²) in [5.41, 5.74) is 19.9. The van der Waals surface area contributed by atoms with Gasteiger partial charge in [-0.3, -0.25) is 0 Å². The van der Waals surface area contributed by atoms with Gasteiger partial charge in [0.05, 0.1) is 11.2 Å². The van der Waals surface area contributed by atoms with E-state index in [9.17, 15) is 0 Å². The third kappa shape index (κ3) is 5.35. The molecule has 0 saturated heterocycles. The number of furan rings is 1. The molecule has 55 heavy (non-hydrogen) atoms. The van der Waals surface area contributed by atoms with Crippen molar-refractivity contribution in [1.82, 2.24) is 4.98 Å². The largest absolute Gasteiger partial charge is 0.455 e. The fraction of sp³-hybridized carbons (Fsp3) is 0.113. The van der Waals surface area contributed by atoms with Crippen LogP contribution in [0.15, 0.2) is 144 Å². The standard InChI is InChI=1S/C53H41NO/c1-30-23-32(3)50(33(4)24-30)38-17-19-41-42-20-18-39(51-34(5)25-31(2)26-35(51)6)29-47(42)52-44(46(41)28-38)21-22-48(54-52)37-12-9-11-36(27-37)40-14-10-15-45-43-13-7-8-16-49(43)55-53(40)45/h7-29H,1-6H3. The van der Waals surface area contributed by atoms with Crippen LogP contribution in [0.4, 0.5) is 0 Å². The van der Waals surface area contributed by atoms with E-state index in [4.69, 9.17) is 9.40 Å². The van der Waals surface area contributed by atoms with Crippen LogP contribution in [0.3, 0.4) is 0 Å². The van der Waals surface area contributed by atoms with Crippen molar-refractivity contribution in [1.29, 1.82) is 0 Å². The first-order valence-corrected chi connectivity index (χ1v) is 19.2. The minimum atomic E-state index is 0.905. The first-order valence-electron chi connectivity index (χ1n) is 19.2. The highest BCUT2D eigenvalue weighted by Crippen LogP contribution is 2.42. The molecule has 0 unspecified atom stereocenters. The monoisotopic (exact) mass is 707 g/mol. The van der Waals surface area contributed by atoms with E-state index in [1.54, 1.807) is 0 Å². The lowest BCUT2D eigenvalue weighted by Gasteiger charge is -2.17. The highest BCUT2D eigenvalue weighted by atomic mass is 16.3. The van der Waals surface area contributed by atoms with Gasteiger partial charge in [0.15, 0.2) is 0 Å². The first kappa shape index (κ1) is 33.1. The zero-order chi connectivity index (χ0) is 37.5. The van der Waals surface area contributed by atoms with Crippen LogP contribution in [0.2, 0.25) is 0 Å². The highest BCUT2D eigenvalue weighted by Gasteiger charge is 2.18. The Kier molecular flexibility index (Phi) is 7.54. The van der Waals surface area contributed by atoms with Crippen molar-refractivity contribution in [2.24, 2.45) is 0 Å². The van der Waals surface area contributed by atoms with Gasteiger partial charge < -0.3 is 4.42 Å². The molecule has 0 aliphatic carbocycles. The van der Waals surface area contributed by atoms with Crippen LogP contribution in [0, 0.1) is 41.5 Å². The van der Waals surface area contributed by atoms with Crippen molar-refractivity contribution < 1.29 is 4.42 Å². The lowest BCUT2D eigenvalue weighted by atomic mass is 9.88. The van der Waals surface area contributed by atoms with E-state index in [1.807, 2.05) is 12.1 Å². The second kappa shape index (κ2) is 12.5. The maximum atomic E-state index is 6.45. The van der Waals surface area contributed by atoms with Gasteiger partial charge in [0.25, 0.3) is 0 Å². The topological polar surface area (TPSA) is 26.0 Å². The molecule has 0 spiro atoms. The average molecular weight is 708 g/mol. The number of para-hydroxylation sites is 2. The third-order valence-corrected chi connectivity index (χ3v) is 11.6. The molecule has 264 valence electrons. The summed E-state index contributed by atoms with van der Waals surface area (Å²) in [6.07, 6.45) is 0. The van der Waals surface area contributed by atoms with Crippen molar-refractivity contribution in [3.8, 4) is 44.6 Å². The minimum absolute atomic E-state index is 0.905. The molecule has 0 amide bonds. The van der Waals surface area contributed by atoms with Crippen molar-refractivity contribution in [3.63, 3.8) is 0 Å². The summed E-state index contributed by atoms with van der Waals surface area (Å²) in [5, 5.41) is 8.27. The number of hydrogen-bond donors (Lipinski definition) is 0. The van der Waals surface area contributed by atoms with Crippen molar-refractivity contribution in [2.75, 3.05) is 0 Å². The lowest BCUT2D eigenvalue weighted by molar-refractivity contribution is 0.670. The summed E-state index contributed by atoms with van der Waals surface area (Å²) in [6, 6.07) is 51.1. The maximum Gasteiger partial charge on any atom is 0.143 e. The molecule has 2 nitrogen and oxygen atoms in total. The van der Waals surface area contributed by atoms with Crippen LogP contribution in [-0.2, 0) is 0 Å². The molecule has 0 fully saturated rings. The number of fused-ring (bicyclic) bond motifs is 9. The summed E-state index contributed by atoms with van der Waals surface area (Å²) in [5.74, 6) is 0. The molecular weight excluding hydrogens is 667 g/mol. The van der Waals surface area contributed by atoms with E-state index in [2.05, 4.69) is 169 Å². The minimum Gasteiger partial charge on any atom is -0.455 e. The molecule has 2 heterocycles. The molecule has 8 aromatic carbocycles. The zero-order valence-electron chi connectivity index (χ0n) is 32.1. The molecule has 10 rings (SSSR count). The Morgan fingerprint density at radius 2 is 0.945 bits per heavy atom. The molecule has 0 aliphatic heterocycles. The second-order valence-electron chi connectivity index (χ2n) is 15.5. The Balaban J connectivity index is 1.21. The molecular formula is C53H41NO. The maximum absolute atomic E-state index is 6.45. The molecule has 0 saturated carbocycles. The summed E-state index contributed by atoms with van der Waals surface area (Å²) in [6.45, 7) is 13.3. The number of nitrogens with zero attached hydrogens (tertiary/aromatic N) is 1. The van der Waals surface area contributed by atoms with Crippen molar-refractivity contribution in [3.05, 3.63) is 173 Å². The van der Waals surface area contributed by atoms with Gasteiger partial charge in [0.1, 0.15) is 11.2 Å². The van der Waals surface area contributed by atoms with Gasteiger partial charge in [-0.05, 0) is 144 Å². The number of pyridine rings is 1. The fourth-order valence-corrected chi connectivity index (χ4v) is 9.42. The zero-order valence-corrected chi connectivity index (χ0v) is 32.1. The van der Waals surface area contributed by atoms with Gasteiger partial charge >= 0.3 is 0 Å². The molecule has 2 aromatic heterocycles. The smallest absolute Gasteiger partial charge is 0.143 e. The van der Waals surface area contributed by atoms with Crippen LogP contribution in [0.25, 0.3) is 99.0 Å². The lowest BCUT2D eigenvalue weighted by Crippen LogP contribution is -1.94. The summed E-state index contributed by atoms with van der Waals surface area (Å²) >= 11 is 0. The molecule has 10 aromatic rings. The van der Waals surface area contributed by atoms with Crippen LogP contribution in [0.1, 0.15) is 33.4 Å². The molecule has 2 heteroatoms. The Labute approximate surface area is 321 Å². The van der Waals surface area contributed by atoms with Crippen LogP contribution in [0.5, 0.6) is 0 Å². The molecule has 0 atom stereocenters. The van der Waals surface area contributed by atoms with Crippen LogP contribution in [-0.4, -0.2) is 4.98 Å². The van der Waals surface area contributed by atoms with Gasteiger partial charge in [0, 0.05) is 32.7 Å². The molecule has 0 bridgehead atoms. The van der Waals surface area contributed by atoms with E-state index in [1.165, 1.54) is 77.2 Å². The number of hydrogen-bond acceptors (Lipinski definition) is 2. The first-order chi connectivity index (χ1) is 26.7. The van der Waals surface area contributed by atoms with Crippen molar-refractivity contribution >= 4 is 54.4 Å². The van der Waals surface area contributed by atoms with E-state index >= 15 is 0 Å². The Morgan fingerprint density at radius 3 is 1.64 bits per heavy atom. The molecule has 0 radical (unpaired) electrons. The second-order valence-corrected chi connectivity index (χ2v) is 15.5. The van der Waals surface area contributed by atoms with E-state index < -0.39 is 0 Å². The van der Waals surface area contributed by atoms with Gasteiger partial charge in [0.2, 0.25) is 0 Å². The average Bonchev–Trinajstić information content (AvgIpc) is 3.56. The summed E-state index contributed by atoms with van der Waals surface area (Å²) in [4.78, 5) is 5.58. The highest BCUT2D eigenvalue weighted by molar-refractivity contribution is 6.25. The summed E-state index contributed by atoms with van der Waals surface area (Å²) < 4.78 is 6.45. The Bertz CT molecular complexity index is 3170. The quantitative estimate of drug-likeness (QED) is 0.170. The number of aryl methyl sites for hydroxylation is 6. The van der Waals surface area contributed by atoms with Crippen molar-refractivity contribution in [2.45, 2.75) is 41.5 Å². The number of benzene rings is 8. The van der Waals surface area contributed by atoms with Gasteiger partial charge in [-0.25, -0.2) is 4.98 Å². The molecule has 0 N–H and O–H groups in total. The van der Waals surface area contributed by atoms with Gasteiger partial charge in [-0.15, -0.1) is 0 Å². The fourth-order valence-electron chi connectivity index (χ4n) is 9.42. The number of aromatic nitrogens is 1. The van der Waals surface area contributed by atoms with Crippen LogP contribution < -0.4 is 0 Å². The van der Waals surface area contributed by atoms with Crippen LogP contribution >= 0.6 is 0 Å². The SMILES string of the molecule is Cc1cc(C)c(-c2ccc3c(c2)c2ccc(-c4cccc(-c5cccc6c5oc5ccccc56)c4)nc2c2cc(-c4c(C)cc(C)cc4C)ccc32)c(C)c1.